The van der Waals surface area contributed by atoms with Crippen LogP contribution in [-0.4, -0.2) is 30.8 Å². The highest BCUT2D eigenvalue weighted by molar-refractivity contribution is 7.80. The zero-order valence-corrected chi connectivity index (χ0v) is 11.2. The molecule has 0 spiro atoms. The van der Waals surface area contributed by atoms with E-state index in [1.165, 1.54) is 0 Å². The molecule has 0 radical (unpaired) electrons. The average Bonchev–Trinajstić information content (AvgIpc) is 2.78. The van der Waals surface area contributed by atoms with Crippen LogP contribution in [0.5, 0.6) is 0 Å². The van der Waals surface area contributed by atoms with Crippen LogP contribution in [0.2, 0.25) is 0 Å². The lowest BCUT2D eigenvalue weighted by Gasteiger charge is -2.14. The molecule has 0 aromatic carbocycles. The van der Waals surface area contributed by atoms with Gasteiger partial charge in [0.15, 0.2) is 5.11 Å². The molecule has 0 saturated carbocycles. The van der Waals surface area contributed by atoms with Gasteiger partial charge in [-0.3, -0.25) is 15.6 Å². The van der Waals surface area contributed by atoms with E-state index in [9.17, 15) is 4.79 Å². The zero-order valence-electron chi connectivity index (χ0n) is 10.4. The highest BCUT2D eigenvalue weighted by atomic mass is 32.1. The van der Waals surface area contributed by atoms with Crippen LogP contribution in [0.3, 0.4) is 0 Å². The first kappa shape index (κ1) is 14.2. The van der Waals surface area contributed by atoms with Crippen molar-refractivity contribution in [2.75, 3.05) is 19.8 Å². The van der Waals surface area contributed by atoms with Crippen LogP contribution in [0.25, 0.3) is 0 Å². The Morgan fingerprint density at radius 2 is 2.24 bits per heavy atom. The summed E-state index contributed by atoms with van der Waals surface area (Å²) in [6, 6.07) is 0. The van der Waals surface area contributed by atoms with Crippen LogP contribution in [0, 0.1) is 11.8 Å². The molecular weight excluding hydrogens is 238 g/mol. The highest BCUT2D eigenvalue weighted by Gasteiger charge is 2.23. The number of hydrazine groups is 1. The van der Waals surface area contributed by atoms with E-state index in [4.69, 9.17) is 17.0 Å². The summed E-state index contributed by atoms with van der Waals surface area (Å²) in [5.41, 5.74) is 5.29. The monoisotopic (exact) mass is 259 g/mol. The van der Waals surface area contributed by atoms with Gasteiger partial charge >= 0.3 is 0 Å². The number of carbonyl (C=O) groups excluding carboxylic acids is 1. The maximum Gasteiger partial charge on any atom is 0.243 e. The molecule has 1 aliphatic rings. The van der Waals surface area contributed by atoms with Gasteiger partial charge in [0.2, 0.25) is 5.91 Å². The number of hydrogen-bond acceptors (Lipinski definition) is 3. The molecule has 5 nitrogen and oxygen atoms in total. The minimum Gasteiger partial charge on any atom is -0.381 e. The van der Waals surface area contributed by atoms with Crippen molar-refractivity contribution >= 4 is 23.2 Å². The fourth-order valence-corrected chi connectivity index (χ4v) is 1.63. The molecule has 0 aliphatic carbocycles. The van der Waals surface area contributed by atoms with Gasteiger partial charge in [-0.05, 0) is 31.0 Å². The van der Waals surface area contributed by atoms with Gasteiger partial charge in [0.05, 0.1) is 12.5 Å². The maximum absolute atomic E-state index is 11.6. The Balaban J connectivity index is 2.08. The number of amides is 1. The fraction of sp³-hybridized carbons (Fsp3) is 0.818. The van der Waals surface area contributed by atoms with Crippen molar-refractivity contribution in [3.63, 3.8) is 0 Å². The highest BCUT2D eigenvalue weighted by Crippen LogP contribution is 2.11. The quantitative estimate of drug-likeness (QED) is 0.509. The third-order valence-electron chi connectivity index (χ3n) is 2.61. The third-order valence-corrected chi connectivity index (χ3v) is 2.85. The van der Waals surface area contributed by atoms with E-state index in [2.05, 4.69) is 30.0 Å². The van der Waals surface area contributed by atoms with Crippen molar-refractivity contribution in [3.05, 3.63) is 0 Å². The molecule has 98 valence electrons. The average molecular weight is 259 g/mol. The SMILES string of the molecule is CC(C)CCNC(=S)NNC(=O)C1CCOC1. The molecule has 0 bridgehead atoms. The van der Waals surface area contributed by atoms with Crippen molar-refractivity contribution in [1.82, 2.24) is 16.2 Å². The van der Waals surface area contributed by atoms with Gasteiger partial charge in [-0.25, -0.2) is 0 Å². The molecule has 1 amide bonds. The Bertz CT molecular complexity index is 265. The molecular formula is C11H21N3O2S. The lowest BCUT2D eigenvalue weighted by molar-refractivity contribution is -0.125. The summed E-state index contributed by atoms with van der Waals surface area (Å²) >= 11 is 5.03. The van der Waals surface area contributed by atoms with Gasteiger partial charge in [-0.2, -0.15) is 0 Å². The molecule has 1 atom stereocenters. The molecule has 3 N–H and O–H groups in total. The summed E-state index contributed by atoms with van der Waals surface area (Å²) in [5, 5.41) is 3.49. The number of ether oxygens (including phenoxy) is 1. The molecule has 6 heteroatoms. The van der Waals surface area contributed by atoms with Crippen molar-refractivity contribution < 1.29 is 9.53 Å². The summed E-state index contributed by atoms with van der Waals surface area (Å²) in [5.74, 6) is 0.520. The van der Waals surface area contributed by atoms with Crippen molar-refractivity contribution in [3.8, 4) is 0 Å². The van der Waals surface area contributed by atoms with E-state index in [0.717, 1.165) is 19.4 Å². The standard InChI is InChI=1S/C11H21N3O2S/c1-8(2)3-5-12-11(17)14-13-10(15)9-4-6-16-7-9/h8-9H,3-7H2,1-2H3,(H,13,15)(H2,12,14,17). The minimum absolute atomic E-state index is 0.0547. The Kier molecular flexibility index (Phi) is 6.21. The third kappa shape index (κ3) is 5.83. The van der Waals surface area contributed by atoms with Gasteiger partial charge in [0, 0.05) is 13.2 Å². The first-order chi connectivity index (χ1) is 8.09. The first-order valence-corrected chi connectivity index (χ1v) is 6.42. The molecule has 1 unspecified atom stereocenters. The Morgan fingerprint density at radius 3 is 2.82 bits per heavy atom. The Labute approximate surface area is 108 Å². The molecule has 1 heterocycles. The number of thiocarbonyl (C=S) groups is 1. The summed E-state index contributed by atoms with van der Waals surface area (Å²) in [6.45, 7) is 6.28. The number of carbonyl (C=O) groups is 1. The minimum atomic E-state index is -0.0597. The predicted molar refractivity (Wildman–Crippen MR) is 70.3 cm³/mol. The predicted octanol–water partition coefficient (Wildman–Crippen LogP) is 0.564. The fourth-order valence-electron chi connectivity index (χ4n) is 1.48. The van der Waals surface area contributed by atoms with Crippen molar-refractivity contribution in [2.24, 2.45) is 11.8 Å². The first-order valence-electron chi connectivity index (χ1n) is 6.01. The molecule has 0 aromatic heterocycles. The summed E-state index contributed by atoms with van der Waals surface area (Å²) in [4.78, 5) is 11.6. The largest absolute Gasteiger partial charge is 0.381 e. The molecule has 0 aromatic rings. The normalized spacial score (nSPS) is 19.1. The molecule has 17 heavy (non-hydrogen) atoms. The summed E-state index contributed by atoms with van der Waals surface area (Å²) in [7, 11) is 0. The van der Waals surface area contributed by atoms with Gasteiger partial charge in [0.25, 0.3) is 0 Å². The van der Waals surface area contributed by atoms with Crippen molar-refractivity contribution in [2.45, 2.75) is 26.7 Å². The van der Waals surface area contributed by atoms with E-state index in [1.807, 2.05) is 0 Å². The van der Waals surface area contributed by atoms with E-state index in [1.54, 1.807) is 0 Å². The molecule has 1 rings (SSSR count). The summed E-state index contributed by atoms with van der Waals surface area (Å²) in [6.07, 6.45) is 1.83. The summed E-state index contributed by atoms with van der Waals surface area (Å²) < 4.78 is 5.14. The van der Waals surface area contributed by atoms with Crippen LogP contribution >= 0.6 is 12.2 Å². The molecule has 1 saturated heterocycles. The van der Waals surface area contributed by atoms with Crippen LogP contribution in [0.15, 0.2) is 0 Å². The van der Waals surface area contributed by atoms with Gasteiger partial charge in [0.1, 0.15) is 0 Å². The maximum atomic E-state index is 11.6. The molecule has 1 aliphatic heterocycles. The second-order valence-corrected chi connectivity index (χ2v) is 5.02. The lowest BCUT2D eigenvalue weighted by Crippen LogP contribution is -2.49. The van der Waals surface area contributed by atoms with E-state index in [0.29, 0.717) is 24.2 Å². The second-order valence-electron chi connectivity index (χ2n) is 4.61. The smallest absolute Gasteiger partial charge is 0.243 e. The second kappa shape index (κ2) is 7.45. The number of nitrogens with one attached hydrogen (secondary N) is 3. The topological polar surface area (TPSA) is 62.4 Å². The number of rotatable bonds is 4. The van der Waals surface area contributed by atoms with E-state index in [-0.39, 0.29) is 11.8 Å². The lowest BCUT2D eigenvalue weighted by atomic mass is 10.1. The van der Waals surface area contributed by atoms with Gasteiger partial charge < -0.3 is 10.1 Å². The Morgan fingerprint density at radius 1 is 1.47 bits per heavy atom. The van der Waals surface area contributed by atoms with Crippen LogP contribution in [0.4, 0.5) is 0 Å². The van der Waals surface area contributed by atoms with Gasteiger partial charge in [-0.1, -0.05) is 13.8 Å². The van der Waals surface area contributed by atoms with E-state index < -0.39 is 0 Å². The molecule has 1 fully saturated rings. The van der Waals surface area contributed by atoms with Crippen LogP contribution in [-0.2, 0) is 9.53 Å². The number of hydrogen-bond donors (Lipinski definition) is 3. The van der Waals surface area contributed by atoms with E-state index >= 15 is 0 Å². The van der Waals surface area contributed by atoms with Crippen LogP contribution in [0.1, 0.15) is 26.7 Å². The Hall–Kier alpha value is -0.880. The zero-order chi connectivity index (χ0) is 12.7. The van der Waals surface area contributed by atoms with Crippen LogP contribution < -0.4 is 16.2 Å². The van der Waals surface area contributed by atoms with Crippen molar-refractivity contribution in [1.29, 1.82) is 0 Å². The van der Waals surface area contributed by atoms with Gasteiger partial charge in [-0.15, -0.1) is 0 Å².